The van der Waals surface area contributed by atoms with Crippen LogP contribution < -0.4 is 19.7 Å². The van der Waals surface area contributed by atoms with Gasteiger partial charge in [0.1, 0.15) is 11.5 Å². The van der Waals surface area contributed by atoms with E-state index in [1.807, 2.05) is 24.3 Å². The number of hydrogen-bond donors (Lipinski definition) is 1. The Morgan fingerprint density at radius 1 is 0.700 bits per heavy atom. The van der Waals surface area contributed by atoms with Crippen LogP contribution in [0, 0.1) is 11.8 Å². The zero-order chi connectivity index (χ0) is 27.5. The van der Waals surface area contributed by atoms with E-state index in [2.05, 4.69) is 29.6 Å². The Hall–Kier alpha value is -4.91. The molecule has 198 valence electrons. The van der Waals surface area contributed by atoms with Gasteiger partial charge in [-0.2, -0.15) is 0 Å². The standard InChI is InChI=1S/C33H26N2O5/c1-39-20-15-16-26(40-2)25(17-20)34-31(36)18-11-13-19(14-12-18)35-32(37)29-27-21-7-3-4-8-22(21)28(30(29)33(35)38)24-10-6-5-9-23(24)27/h3-17,27-30H,1-2H3,(H,34,36)/t27?,28?,29-,30-/m1/s1. The topological polar surface area (TPSA) is 84.9 Å². The quantitative estimate of drug-likeness (QED) is 0.352. The van der Waals surface area contributed by atoms with E-state index in [0.717, 1.165) is 22.3 Å². The van der Waals surface area contributed by atoms with E-state index >= 15 is 0 Å². The summed E-state index contributed by atoms with van der Waals surface area (Å²) in [6.07, 6.45) is 0. The molecule has 1 fully saturated rings. The van der Waals surface area contributed by atoms with Crippen LogP contribution in [0.3, 0.4) is 0 Å². The van der Waals surface area contributed by atoms with Gasteiger partial charge >= 0.3 is 0 Å². The molecular weight excluding hydrogens is 504 g/mol. The van der Waals surface area contributed by atoms with Gasteiger partial charge in [0.15, 0.2) is 0 Å². The average molecular weight is 531 g/mol. The molecule has 8 rings (SSSR count). The molecule has 1 N–H and O–H groups in total. The summed E-state index contributed by atoms with van der Waals surface area (Å²) in [6.45, 7) is 0. The van der Waals surface area contributed by atoms with Crippen LogP contribution in [0.5, 0.6) is 11.5 Å². The van der Waals surface area contributed by atoms with Crippen LogP contribution in [0.15, 0.2) is 91.0 Å². The molecule has 0 unspecified atom stereocenters. The smallest absolute Gasteiger partial charge is 0.255 e. The summed E-state index contributed by atoms with van der Waals surface area (Å²) in [6, 6.07) is 28.1. The van der Waals surface area contributed by atoms with Crippen LogP contribution in [-0.2, 0) is 9.59 Å². The van der Waals surface area contributed by atoms with Gasteiger partial charge in [-0.15, -0.1) is 0 Å². The summed E-state index contributed by atoms with van der Waals surface area (Å²) in [5.41, 5.74) is 5.86. The maximum atomic E-state index is 14.0. The predicted molar refractivity (Wildman–Crippen MR) is 150 cm³/mol. The molecule has 4 aromatic carbocycles. The van der Waals surface area contributed by atoms with Gasteiger partial charge < -0.3 is 14.8 Å². The average Bonchev–Trinajstić information content (AvgIpc) is 3.27. The van der Waals surface area contributed by atoms with Gasteiger partial charge in [-0.3, -0.25) is 14.4 Å². The predicted octanol–water partition coefficient (Wildman–Crippen LogP) is 5.35. The highest BCUT2D eigenvalue weighted by molar-refractivity contribution is 6.23. The van der Waals surface area contributed by atoms with E-state index in [4.69, 9.17) is 9.47 Å². The molecule has 1 saturated heterocycles. The van der Waals surface area contributed by atoms with Crippen LogP contribution in [0.2, 0.25) is 0 Å². The first kappa shape index (κ1) is 24.2. The van der Waals surface area contributed by atoms with Crippen molar-refractivity contribution in [3.8, 4) is 11.5 Å². The summed E-state index contributed by atoms with van der Waals surface area (Å²) >= 11 is 0. The van der Waals surface area contributed by atoms with E-state index in [1.54, 1.807) is 49.6 Å². The van der Waals surface area contributed by atoms with Crippen molar-refractivity contribution in [2.45, 2.75) is 11.8 Å². The minimum absolute atomic E-state index is 0.160. The first-order valence-corrected chi connectivity index (χ1v) is 13.2. The molecule has 3 amide bonds. The van der Waals surface area contributed by atoms with E-state index in [0.29, 0.717) is 28.4 Å². The van der Waals surface area contributed by atoms with Crippen molar-refractivity contribution in [3.63, 3.8) is 0 Å². The van der Waals surface area contributed by atoms with Crippen LogP contribution >= 0.6 is 0 Å². The van der Waals surface area contributed by atoms with Crippen LogP contribution in [0.4, 0.5) is 11.4 Å². The number of methoxy groups -OCH3 is 2. The lowest BCUT2D eigenvalue weighted by atomic mass is 9.55. The number of imide groups is 1. The van der Waals surface area contributed by atoms with Crippen molar-refractivity contribution in [3.05, 3.63) is 119 Å². The molecular formula is C33H26N2O5. The molecule has 3 aliphatic carbocycles. The zero-order valence-electron chi connectivity index (χ0n) is 22.0. The first-order valence-electron chi connectivity index (χ1n) is 13.2. The second-order valence-corrected chi connectivity index (χ2v) is 10.3. The second-order valence-electron chi connectivity index (χ2n) is 10.3. The van der Waals surface area contributed by atoms with Crippen LogP contribution in [0.25, 0.3) is 0 Å². The number of carbonyl (C=O) groups excluding carboxylic acids is 3. The fraction of sp³-hybridized carbons (Fsp3) is 0.182. The Balaban J connectivity index is 1.19. The van der Waals surface area contributed by atoms with Gasteiger partial charge in [0.05, 0.1) is 37.4 Å². The molecule has 4 aromatic rings. The van der Waals surface area contributed by atoms with Crippen molar-refractivity contribution in [1.82, 2.24) is 0 Å². The molecule has 40 heavy (non-hydrogen) atoms. The van der Waals surface area contributed by atoms with Crippen molar-refractivity contribution < 1.29 is 23.9 Å². The van der Waals surface area contributed by atoms with E-state index in [1.165, 1.54) is 12.0 Å². The maximum Gasteiger partial charge on any atom is 0.255 e. The van der Waals surface area contributed by atoms with Crippen molar-refractivity contribution in [2.24, 2.45) is 11.8 Å². The molecule has 0 saturated carbocycles. The highest BCUT2D eigenvalue weighted by atomic mass is 16.5. The van der Waals surface area contributed by atoms with Gasteiger partial charge in [-0.1, -0.05) is 48.5 Å². The van der Waals surface area contributed by atoms with E-state index in [9.17, 15) is 14.4 Å². The molecule has 4 aliphatic rings. The molecule has 2 atom stereocenters. The molecule has 0 radical (unpaired) electrons. The zero-order valence-corrected chi connectivity index (χ0v) is 22.0. The normalized spacial score (nSPS) is 21.9. The van der Waals surface area contributed by atoms with Gasteiger partial charge in [0.25, 0.3) is 5.91 Å². The monoisotopic (exact) mass is 530 g/mol. The van der Waals surface area contributed by atoms with Gasteiger partial charge in [0.2, 0.25) is 11.8 Å². The molecule has 7 nitrogen and oxygen atoms in total. The number of nitrogens with zero attached hydrogens (tertiary/aromatic N) is 1. The summed E-state index contributed by atoms with van der Waals surface area (Å²) in [7, 11) is 3.07. The summed E-state index contributed by atoms with van der Waals surface area (Å²) < 4.78 is 10.6. The number of ether oxygens (including phenoxy) is 2. The number of rotatable bonds is 5. The van der Waals surface area contributed by atoms with Crippen LogP contribution in [0.1, 0.15) is 44.4 Å². The number of nitrogens with one attached hydrogen (secondary N) is 1. The Labute approximate surface area is 231 Å². The molecule has 7 heteroatoms. The maximum absolute atomic E-state index is 14.0. The SMILES string of the molecule is COc1ccc(OC)c(NC(=O)c2ccc(N3C(=O)[C@@H]4C5c6ccccc6C(c6ccccc65)[C@H]4C3=O)cc2)c1. The third-order valence-electron chi connectivity index (χ3n) is 8.49. The Bertz CT molecular complexity index is 1580. The highest BCUT2D eigenvalue weighted by Gasteiger charge is 2.61. The highest BCUT2D eigenvalue weighted by Crippen LogP contribution is 2.61. The lowest BCUT2D eigenvalue weighted by Gasteiger charge is -2.45. The molecule has 0 aromatic heterocycles. The van der Waals surface area contributed by atoms with Crippen molar-refractivity contribution in [1.29, 1.82) is 0 Å². The van der Waals surface area contributed by atoms with E-state index in [-0.39, 0.29) is 29.6 Å². The van der Waals surface area contributed by atoms with Gasteiger partial charge in [-0.05, 0) is 58.7 Å². The molecule has 1 aliphatic heterocycles. The largest absolute Gasteiger partial charge is 0.497 e. The summed E-state index contributed by atoms with van der Waals surface area (Å²) in [4.78, 5) is 42.3. The van der Waals surface area contributed by atoms with E-state index < -0.39 is 11.8 Å². The minimum Gasteiger partial charge on any atom is -0.497 e. The second kappa shape index (κ2) is 9.09. The number of amides is 3. The van der Waals surface area contributed by atoms with Gasteiger partial charge in [-0.25, -0.2) is 4.90 Å². The number of anilines is 2. The fourth-order valence-corrected chi connectivity index (χ4v) is 6.80. The fourth-order valence-electron chi connectivity index (χ4n) is 6.80. The number of hydrogen-bond acceptors (Lipinski definition) is 5. The summed E-state index contributed by atoms with van der Waals surface area (Å²) in [5.74, 6) is -0.875. The first-order chi connectivity index (χ1) is 19.5. The molecule has 1 heterocycles. The Morgan fingerprint density at radius 2 is 1.23 bits per heavy atom. The van der Waals surface area contributed by atoms with Crippen LogP contribution in [-0.4, -0.2) is 31.9 Å². The lowest BCUT2D eigenvalue weighted by Crippen LogP contribution is -2.41. The Kier molecular flexibility index (Phi) is 5.49. The third-order valence-corrected chi connectivity index (χ3v) is 8.49. The molecule has 2 bridgehead atoms. The number of carbonyl (C=O) groups is 3. The Morgan fingerprint density at radius 3 is 1.70 bits per heavy atom. The minimum atomic E-state index is -0.453. The van der Waals surface area contributed by atoms with Crippen molar-refractivity contribution >= 4 is 29.1 Å². The lowest BCUT2D eigenvalue weighted by molar-refractivity contribution is -0.122. The third kappa shape index (κ3) is 3.40. The van der Waals surface area contributed by atoms with Crippen molar-refractivity contribution in [2.75, 3.05) is 24.4 Å². The summed E-state index contributed by atoms with van der Waals surface area (Å²) in [5, 5.41) is 2.85. The van der Waals surface area contributed by atoms with Gasteiger partial charge in [0, 0.05) is 23.5 Å². The number of benzene rings is 4. The molecule has 0 spiro atoms.